The predicted octanol–water partition coefficient (Wildman–Crippen LogP) is 3.69. The van der Waals surface area contributed by atoms with E-state index < -0.39 is 16.6 Å². The maximum atomic E-state index is 11.6. The van der Waals surface area contributed by atoms with Crippen molar-refractivity contribution in [1.29, 1.82) is 0 Å². The van der Waals surface area contributed by atoms with Gasteiger partial charge in [0, 0.05) is 12.8 Å². The molecule has 112 valence electrons. The summed E-state index contributed by atoms with van der Waals surface area (Å²) in [6, 6.07) is 1.83. The van der Waals surface area contributed by atoms with E-state index >= 15 is 0 Å². The summed E-state index contributed by atoms with van der Waals surface area (Å²) >= 11 is 0. The lowest BCUT2D eigenvalue weighted by molar-refractivity contribution is -0.136. The summed E-state index contributed by atoms with van der Waals surface area (Å²) in [5.41, 5.74) is 0. The van der Waals surface area contributed by atoms with Crippen molar-refractivity contribution >= 4 is 28.6 Å². The first kappa shape index (κ1) is 18.4. The van der Waals surface area contributed by atoms with Crippen LogP contribution in [0.2, 0.25) is 38.3 Å². The molecule has 0 aromatic rings. The third kappa shape index (κ3) is 8.99. The van der Waals surface area contributed by atoms with E-state index in [-0.39, 0.29) is 11.9 Å². The van der Waals surface area contributed by atoms with E-state index in [1.165, 1.54) is 0 Å². The third-order valence-corrected chi connectivity index (χ3v) is 8.21. The molecule has 0 aromatic heterocycles. The molecule has 0 heterocycles. The molecule has 19 heavy (non-hydrogen) atoms. The van der Waals surface area contributed by atoms with E-state index in [9.17, 15) is 9.59 Å². The van der Waals surface area contributed by atoms with Gasteiger partial charge in [0.05, 0.1) is 0 Å². The lowest BCUT2D eigenvalue weighted by Crippen LogP contribution is -2.33. The Bertz CT molecular complexity index is 284. The summed E-state index contributed by atoms with van der Waals surface area (Å²) in [7, 11) is -3.64. The molecule has 0 saturated heterocycles. The highest BCUT2D eigenvalue weighted by Crippen LogP contribution is 2.14. The summed E-state index contributed by atoms with van der Waals surface area (Å²) in [5.74, 6) is -0.364. The zero-order valence-corrected chi connectivity index (χ0v) is 15.2. The third-order valence-electron chi connectivity index (χ3n) is 3.24. The van der Waals surface area contributed by atoms with Crippen LogP contribution >= 0.6 is 0 Å². The number of hydrogen-bond donors (Lipinski definition) is 0. The second-order valence-corrected chi connectivity index (χ2v) is 14.9. The SMILES string of the molecule is CC[Si](C)(C)OC(=O)CCCC(=O)O[Si](C)(C)CC. The van der Waals surface area contributed by atoms with Crippen LogP contribution in [-0.4, -0.2) is 28.6 Å². The number of hydrogen-bond acceptors (Lipinski definition) is 4. The topological polar surface area (TPSA) is 52.6 Å². The Balaban J connectivity index is 3.92. The van der Waals surface area contributed by atoms with Crippen LogP contribution in [-0.2, 0) is 18.4 Å². The Hall–Kier alpha value is -0.626. The first-order chi connectivity index (χ1) is 8.62. The van der Waals surface area contributed by atoms with Crippen LogP contribution in [0.15, 0.2) is 0 Å². The monoisotopic (exact) mass is 304 g/mol. The Morgan fingerprint density at radius 2 is 1.11 bits per heavy atom. The minimum atomic E-state index is -1.82. The van der Waals surface area contributed by atoms with Crippen molar-refractivity contribution in [2.24, 2.45) is 0 Å². The van der Waals surface area contributed by atoms with Crippen LogP contribution in [0, 0.1) is 0 Å². The maximum Gasteiger partial charge on any atom is 0.292 e. The van der Waals surface area contributed by atoms with Gasteiger partial charge in [-0.2, -0.15) is 0 Å². The molecule has 0 aromatic carbocycles. The van der Waals surface area contributed by atoms with Gasteiger partial charge in [-0.15, -0.1) is 0 Å². The summed E-state index contributed by atoms with van der Waals surface area (Å²) in [6.07, 6.45) is 1.12. The Morgan fingerprint density at radius 3 is 1.37 bits per heavy atom. The highest BCUT2D eigenvalue weighted by molar-refractivity contribution is 6.72. The highest BCUT2D eigenvalue weighted by atomic mass is 28.4. The van der Waals surface area contributed by atoms with Crippen molar-refractivity contribution in [3.63, 3.8) is 0 Å². The average molecular weight is 305 g/mol. The fourth-order valence-corrected chi connectivity index (χ4v) is 2.97. The van der Waals surface area contributed by atoms with Crippen LogP contribution < -0.4 is 0 Å². The Labute approximate surface area is 119 Å². The van der Waals surface area contributed by atoms with Crippen molar-refractivity contribution < 1.29 is 18.4 Å². The highest BCUT2D eigenvalue weighted by Gasteiger charge is 2.25. The van der Waals surface area contributed by atoms with Crippen LogP contribution in [0.5, 0.6) is 0 Å². The first-order valence-corrected chi connectivity index (χ1v) is 13.3. The lowest BCUT2D eigenvalue weighted by atomic mass is 10.2. The minimum absolute atomic E-state index is 0.182. The van der Waals surface area contributed by atoms with Crippen molar-refractivity contribution in [2.45, 2.75) is 71.4 Å². The molecule has 0 saturated carbocycles. The van der Waals surface area contributed by atoms with Crippen LogP contribution in [0.1, 0.15) is 33.1 Å². The number of rotatable bonds is 8. The molecule has 0 aliphatic rings. The Kier molecular flexibility index (Phi) is 7.58. The van der Waals surface area contributed by atoms with E-state index in [1.807, 2.05) is 40.0 Å². The number of carbonyl (C=O) groups is 2. The zero-order chi connectivity index (χ0) is 15.1. The molecule has 0 bridgehead atoms. The summed E-state index contributed by atoms with van der Waals surface area (Å²) in [6.45, 7) is 12.2. The van der Waals surface area contributed by atoms with Gasteiger partial charge in [0.25, 0.3) is 11.9 Å². The molecule has 0 amide bonds. The van der Waals surface area contributed by atoms with Crippen molar-refractivity contribution in [3.8, 4) is 0 Å². The average Bonchev–Trinajstić information content (AvgIpc) is 2.27. The smallest absolute Gasteiger partial charge is 0.292 e. The zero-order valence-electron chi connectivity index (χ0n) is 13.2. The van der Waals surface area contributed by atoms with Crippen molar-refractivity contribution in [3.05, 3.63) is 0 Å². The van der Waals surface area contributed by atoms with E-state index in [0.717, 1.165) is 12.1 Å². The van der Waals surface area contributed by atoms with Crippen LogP contribution in [0.4, 0.5) is 0 Å². The van der Waals surface area contributed by atoms with Gasteiger partial charge < -0.3 is 8.85 Å². The molecule has 0 radical (unpaired) electrons. The lowest BCUT2D eigenvalue weighted by Gasteiger charge is -2.21. The Morgan fingerprint density at radius 1 is 0.789 bits per heavy atom. The molecule has 4 nitrogen and oxygen atoms in total. The fourth-order valence-electron chi connectivity index (χ4n) is 1.24. The molecule has 0 unspecified atom stereocenters. The molecule has 0 rings (SSSR count). The van der Waals surface area contributed by atoms with Gasteiger partial charge >= 0.3 is 0 Å². The minimum Gasteiger partial charge on any atom is -0.520 e. The van der Waals surface area contributed by atoms with Crippen LogP contribution in [0.3, 0.4) is 0 Å². The van der Waals surface area contributed by atoms with E-state index in [0.29, 0.717) is 19.3 Å². The van der Waals surface area contributed by atoms with E-state index in [2.05, 4.69) is 0 Å². The summed E-state index contributed by atoms with van der Waals surface area (Å²) < 4.78 is 10.9. The quantitative estimate of drug-likeness (QED) is 0.642. The summed E-state index contributed by atoms with van der Waals surface area (Å²) in [5, 5.41) is 0. The maximum absolute atomic E-state index is 11.6. The van der Waals surface area contributed by atoms with Gasteiger partial charge in [-0.3, -0.25) is 9.59 Å². The normalized spacial score (nSPS) is 12.1. The number of carbonyl (C=O) groups excluding carboxylic acids is 2. The van der Waals surface area contributed by atoms with Gasteiger partial charge in [-0.1, -0.05) is 13.8 Å². The van der Waals surface area contributed by atoms with Crippen molar-refractivity contribution in [1.82, 2.24) is 0 Å². The molecule has 0 aliphatic carbocycles. The first-order valence-electron chi connectivity index (χ1n) is 7.05. The molecule has 6 heteroatoms. The summed E-state index contributed by atoms with van der Waals surface area (Å²) in [4.78, 5) is 23.2. The molecule has 0 N–H and O–H groups in total. The van der Waals surface area contributed by atoms with Gasteiger partial charge in [-0.25, -0.2) is 0 Å². The molecular formula is C13H28O4Si2. The molecule has 0 atom stereocenters. The molecule has 0 fully saturated rings. The second kappa shape index (κ2) is 7.84. The standard InChI is InChI=1S/C13H28O4Si2/c1-7-18(3,4)16-12(14)10-9-11-13(15)17-19(5,6)8-2/h7-11H2,1-6H3. The molecule has 0 spiro atoms. The predicted molar refractivity (Wildman–Crippen MR) is 82.0 cm³/mol. The largest absolute Gasteiger partial charge is 0.520 e. The van der Waals surface area contributed by atoms with Gasteiger partial charge in [0.1, 0.15) is 0 Å². The van der Waals surface area contributed by atoms with E-state index in [1.54, 1.807) is 0 Å². The van der Waals surface area contributed by atoms with Crippen molar-refractivity contribution in [2.75, 3.05) is 0 Å². The molecule has 0 aliphatic heterocycles. The molecular weight excluding hydrogens is 276 g/mol. The second-order valence-electron chi connectivity index (χ2n) is 6.03. The fraction of sp³-hybridized carbons (Fsp3) is 0.846. The van der Waals surface area contributed by atoms with Crippen LogP contribution in [0.25, 0.3) is 0 Å². The van der Waals surface area contributed by atoms with E-state index in [4.69, 9.17) is 8.85 Å². The van der Waals surface area contributed by atoms with Gasteiger partial charge in [-0.05, 0) is 44.7 Å². The van der Waals surface area contributed by atoms with Gasteiger partial charge in [0.2, 0.25) is 16.6 Å². The van der Waals surface area contributed by atoms with Gasteiger partial charge in [0.15, 0.2) is 0 Å².